The summed E-state index contributed by atoms with van der Waals surface area (Å²) >= 11 is 1.58. The highest BCUT2D eigenvalue weighted by molar-refractivity contribution is 8.16. The van der Waals surface area contributed by atoms with Crippen molar-refractivity contribution in [2.75, 3.05) is 18.4 Å². The lowest BCUT2D eigenvalue weighted by Gasteiger charge is -2.16. The largest absolute Gasteiger partial charge is 0.322 e. The Bertz CT molecular complexity index is 1200. The van der Waals surface area contributed by atoms with Crippen LogP contribution in [0.25, 0.3) is 16.7 Å². The molecule has 146 valence electrons. The van der Waals surface area contributed by atoms with Gasteiger partial charge in [0.25, 0.3) is 0 Å². The molecular weight excluding hydrogens is 384 g/mol. The number of benzene rings is 1. The van der Waals surface area contributed by atoms with Gasteiger partial charge in [0.05, 0.1) is 24.2 Å². The van der Waals surface area contributed by atoms with Gasteiger partial charge in [0.2, 0.25) is 5.91 Å². The average Bonchev–Trinajstić information content (AvgIpc) is 3.39. The van der Waals surface area contributed by atoms with Gasteiger partial charge in [-0.05, 0) is 37.0 Å². The maximum atomic E-state index is 12.7. The minimum Gasteiger partial charge on any atom is -0.322 e. The van der Waals surface area contributed by atoms with E-state index in [0.29, 0.717) is 18.1 Å². The molecule has 1 amide bonds. The summed E-state index contributed by atoms with van der Waals surface area (Å²) in [5.41, 5.74) is 3.83. The molecule has 3 aromatic rings. The molecule has 0 bridgehead atoms. The van der Waals surface area contributed by atoms with Gasteiger partial charge in [0.15, 0.2) is 11.0 Å². The van der Waals surface area contributed by atoms with Crippen molar-refractivity contribution in [3.8, 4) is 5.82 Å². The molecular formula is C21H20N6OS. The van der Waals surface area contributed by atoms with Crippen molar-refractivity contribution in [3.05, 3.63) is 58.8 Å². The fourth-order valence-electron chi connectivity index (χ4n) is 3.67. The van der Waals surface area contributed by atoms with Gasteiger partial charge in [0, 0.05) is 23.7 Å². The lowest BCUT2D eigenvalue weighted by atomic mass is 10.1. The molecule has 2 aromatic heterocycles. The quantitative estimate of drug-likeness (QED) is 0.719. The van der Waals surface area contributed by atoms with Gasteiger partial charge in [-0.3, -0.25) is 9.79 Å². The number of anilines is 1. The molecule has 0 aliphatic carbocycles. The highest BCUT2D eigenvalue weighted by atomic mass is 32.2. The highest BCUT2D eigenvalue weighted by Crippen LogP contribution is 2.31. The Morgan fingerprint density at radius 1 is 1.24 bits per heavy atom. The third-order valence-corrected chi connectivity index (χ3v) is 5.97. The van der Waals surface area contributed by atoms with Crippen molar-refractivity contribution in [2.45, 2.75) is 20.3 Å². The molecule has 0 saturated carbocycles. The molecule has 5 rings (SSSR count). The van der Waals surface area contributed by atoms with Gasteiger partial charge in [-0.1, -0.05) is 30.0 Å². The third kappa shape index (κ3) is 3.29. The molecule has 0 radical (unpaired) electrons. The smallest absolute Gasteiger partial charge is 0.231 e. The molecule has 4 heterocycles. The Kier molecular flexibility index (Phi) is 4.35. The van der Waals surface area contributed by atoms with Gasteiger partial charge in [-0.25, -0.2) is 4.98 Å². The number of pyridine rings is 1. The third-order valence-electron chi connectivity index (χ3n) is 5.02. The average molecular weight is 404 g/mol. The number of hydrogen-bond donors (Lipinski definition) is 1. The predicted octanol–water partition coefficient (Wildman–Crippen LogP) is 3.63. The van der Waals surface area contributed by atoms with Crippen molar-refractivity contribution < 1.29 is 4.79 Å². The summed E-state index contributed by atoms with van der Waals surface area (Å²) in [5.74, 6) is 1.23. The van der Waals surface area contributed by atoms with Crippen molar-refractivity contribution in [1.82, 2.24) is 19.7 Å². The number of aromatic nitrogens is 3. The van der Waals surface area contributed by atoms with Gasteiger partial charge >= 0.3 is 0 Å². The number of aryl methyl sites for hydroxylation is 2. The van der Waals surface area contributed by atoms with Crippen LogP contribution in [-0.2, 0) is 4.79 Å². The van der Waals surface area contributed by atoms with E-state index < -0.39 is 0 Å². The maximum Gasteiger partial charge on any atom is 0.231 e. The lowest BCUT2D eigenvalue weighted by molar-refractivity contribution is -0.115. The zero-order valence-corrected chi connectivity index (χ0v) is 17.0. The van der Waals surface area contributed by atoms with Crippen LogP contribution >= 0.6 is 11.8 Å². The van der Waals surface area contributed by atoms with E-state index in [1.54, 1.807) is 16.4 Å². The zero-order valence-electron chi connectivity index (χ0n) is 16.2. The monoisotopic (exact) mass is 404 g/mol. The Morgan fingerprint density at radius 3 is 3.00 bits per heavy atom. The standard InChI is InChI=1S/C21H20N6OS/c1-13-9-18(23-17-6-4-3-5-16(13)17)27-19(10-14(2)25-27)24-20(28)11-15-12-29-21-22-7-8-26(15)21/h3-6,9-10,12H,7-8,11H2,1-2H3,(H,24,28). The van der Waals surface area contributed by atoms with Gasteiger partial charge in [0.1, 0.15) is 5.82 Å². The Balaban J connectivity index is 1.41. The summed E-state index contributed by atoms with van der Waals surface area (Å²) in [7, 11) is 0. The summed E-state index contributed by atoms with van der Waals surface area (Å²) in [6, 6.07) is 11.9. The topological polar surface area (TPSA) is 75.4 Å². The molecule has 29 heavy (non-hydrogen) atoms. The van der Waals surface area contributed by atoms with E-state index in [-0.39, 0.29) is 5.91 Å². The molecule has 0 atom stereocenters. The number of rotatable bonds is 4. The molecule has 0 unspecified atom stereocenters. The SMILES string of the molecule is Cc1cc(NC(=O)CC2=CSC3=NCCN23)n(-c2cc(C)c3ccccc3n2)n1. The second kappa shape index (κ2) is 7.04. The van der Waals surface area contributed by atoms with Crippen LogP contribution in [0.1, 0.15) is 17.7 Å². The number of para-hydroxylation sites is 1. The van der Waals surface area contributed by atoms with Crippen LogP contribution in [-0.4, -0.2) is 43.8 Å². The summed E-state index contributed by atoms with van der Waals surface area (Å²) in [6.45, 7) is 5.60. The Morgan fingerprint density at radius 2 is 2.10 bits per heavy atom. The second-order valence-corrected chi connectivity index (χ2v) is 8.00. The summed E-state index contributed by atoms with van der Waals surface area (Å²) in [4.78, 5) is 24.0. The Hall–Kier alpha value is -3.13. The van der Waals surface area contributed by atoms with E-state index in [2.05, 4.69) is 33.3 Å². The minimum absolute atomic E-state index is 0.0799. The molecule has 1 N–H and O–H groups in total. The van der Waals surface area contributed by atoms with Crippen molar-refractivity contribution >= 4 is 39.6 Å². The fourth-order valence-corrected chi connectivity index (χ4v) is 4.62. The number of carbonyl (C=O) groups is 1. The van der Waals surface area contributed by atoms with E-state index in [9.17, 15) is 4.79 Å². The lowest BCUT2D eigenvalue weighted by Crippen LogP contribution is -2.24. The molecule has 2 aliphatic heterocycles. The van der Waals surface area contributed by atoms with Crippen molar-refractivity contribution in [3.63, 3.8) is 0 Å². The normalized spacial score (nSPS) is 15.4. The maximum absolute atomic E-state index is 12.7. The first-order valence-electron chi connectivity index (χ1n) is 9.49. The minimum atomic E-state index is -0.0799. The molecule has 2 aliphatic rings. The number of fused-ring (bicyclic) bond motifs is 2. The van der Waals surface area contributed by atoms with Crippen molar-refractivity contribution in [1.29, 1.82) is 0 Å². The Labute approximate surface area is 172 Å². The van der Waals surface area contributed by atoms with Crippen LogP contribution in [0.5, 0.6) is 0 Å². The number of carbonyl (C=O) groups excluding carboxylic acids is 1. The fraction of sp³-hybridized carbons (Fsp3) is 0.238. The van der Waals surface area contributed by atoms with E-state index in [4.69, 9.17) is 4.98 Å². The first-order valence-corrected chi connectivity index (χ1v) is 10.4. The molecule has 7 nitrogen and oxygen atoms in total. The molecule has 0 spiro atoms. The summed E-state index contributed by atoms with van der Waals surface area (Å²) < 4.78 is 1.70. The zero-order chi connectivity index (χ0) is 20.0. The molecule has 0 fully saturated rings. The van der Waals surface area contributed by atoms with Crippen LogP contribution in [0.15, 0.2) is 52.5 Å². The first-order chi connectivity index (χ1) is 14.1. The van der Waals surface area contributed by atoms with Crippen LogP contribution in [0.4, 0.5) is 5.82 Å². The summed E-state index contributed by atoms with van der Waals surface area (Å²) in [6.07, 6.45) is 0.306. The van der Waals surface area contributed by atoms with Gasteiger partial charge in [-0.2, -0.15) is 9.78 Å². The van der Waals surface area contributed by atoms with Crippen LogP contribution in [0, 0.1) is 13.8 Å². The van der Waals surface area contributed by atoms with Crippen LogP contribution in [0.3, 0.4) is 0 Å². The predicted molar refractivity (Wildman–Crippen MR) is 116 cm³/mol. The number of amidine groups is 1. The van der Waals surface area contributed by atoms with E-state index in [1.807, 2.05) is 42.7 Å². The molecule has 8 heteroatoms. The highest BCUT2D eigenvalue weighted by Gasteiger charge is 2.27. The number of amides is 1. The molecule has 1 aromatic carbocycles. The van der Waals surface area contributed by atoms with E-state index >= 15 is 0 Å². The van der Waals surface area contributed by atoms with Crippen molar-refractivity contribution in [2.24, 2.45) is 4.99 Å². The van der Waals surface area contributed by atoms with Gasteiger partial charge in [-0.15, -0.1) is 0 Å². The van der Waals surface area contributed by atoms with E-state index in [1.165, 1.54) is 0 Å². The number of aliphatic imine (C=N–C) groups is 1. The number of nitrogens with zero attached hydrogens (tertiary/aromatic N) is 5. The van der Waals surface area contributed by atoms with Crippen LogP contribution in [0.2, 0.25) is 0 Å². The number of nitrogens with one attached hydrogen (secondary N) is 1. The second-order valence-electron chi connectivity index (χ2n) is 7.17. The number of hydrogen-bond acceptors (Lipinski definition) is 6. The summed E-state index contributed by atoms with van der Waals surface area (Å²) in [5, 5.41) is 11.7. The number of thioether (sulfide) groups is 1. The van der Waals surface area contributed by atoms with Crippen LogP contribution < -0.4 is 5.32 Å². The first kappa shape index (κ1) is 17.9. The van der Waals surface area contributed by atoms with E-state index in [0.717, 1.165) is 46.1 Å². The molecule has 0 saturated heterocycles. The van der Waals surface area contributed by atoms with Gasteiger partial charge < -0.3 is 10.2 Å².